The van der Waals surface area contributed by atoms with E-state index in [0.29, 0.717) is 19.5 Å². The summed E-state index contributed by atoms with van der Waals surface area (Å²) < 4.78 is 30.7. The highest BCUT2D eigenvalue weighted by molar-refractivity contribution is 6.42. The normalized spacial score (nSPS) is 18.8. The van der Waals surface area contributed by atoms with E-state index in [1.54, 1.807) is 0 Å². The smallest absolute Gasteiger partial charge is 0.261 e. The molecule has 0 spiro atoms. The number of benzene rings is 2. The highest BCUT2D eigenvalue weighted by Crippen LogP contribution is 2.41. The van der Waals surface area contributed by atoms with E-state index in [0.717, 1.165) is 0 Å². The average Bonchev–Trinajstić information content (AvgIpc) is 3.17. The van der Waals surface area contributed by atoms with Crippen LogP contribution in [-0.4, -0.2) is 34.4 Å². The summed E-state index contributed by atoms with van der Waals surface area (Å²) in [5.74, 6) is -1.23. The van der Waals surface area contributed by atoms with Crippen LogP contribution in [0, 0.1) is 11.6 Å². The van der Waals surface area contributed by atoms with E-state index in [1.807, 2.05) is 0 Å². The monoisotopic (exact) mass is 454 g/mol. The molecule has 6 nitrogen and oxygen atoms in total. The lowest BCUT2D eigenvalue weighted by atomic mass is 9.87. The van der Waals surface area contributed by atoms with Crippen LogP contribution in [0.15, 0.2) is 35.4 Å². The van der Waals surface area contributed by atoms with Crippen molar-refractivity contribution in [2.45, 2.75) is 18.5 Å². The second kappa shape index (κ2) is 8.11. The zero-order valence-electron chi connectivity index (χ0n) is 15.7. The van der Waals surface area contributed by atoms with Crippen LogP contribution in [0.1, 0.15) is 12.0 Å². The molecular weight excluding hydrogens is 437 g/mol. The van der Waals surface area contributed by atoms with Crippen molar-refractivity contribution in [1.82, 2.24) is 14.9 Å². The third-order valence-electron chi connectivity index (χ3n) is 5.28. The van der Waals surface area contributed by atoms with Crippen LogP contribution < -0.4 is 16.2 Å². The molecular formula is C20H18Cl2F2N4O2. The lowest BCUT2D eigenvalue weighted by Gasteiger charge is -2.33. The molecule has 1 aliphatic rings. The zero-order valence-corrected chi connectivity index (χ0v) is 17.2. The highest BCUT2D eigenvalue weighted by atomic mass is 35.5. The lowest BCUT2D eigenvalue weighted by molar-refractivity contribution is 0.274. The molecule has 30 heavy (non-hydrogen) atoms. The Hall–Kier alpha value is -2.26. The van der Waals surface area contributed by atoms with Crippen LogP contribution in [0.25, 0.3) is 10.9 Å². The highest BCUT2D eigenvalue weighted by Gasteiger charge is 2.40. The number of anilines is 1. The maximum Gasteiger partial charge on any atom is 0.261 e. The van der Waals surface area contributed by atoms with Crippen LogP contribution in [0.5, 0.6) is 0 Å². The Labute approximate surface area is 180 Å². The van der Waals surface area contributed by atoms with Gasteiger partial charge in [-0.05, 0) is 37.2 Å². The van der Waals surface area contributed by atoms with Gasteiger partial charge in [0.25, 0.3) is 5.56 Å². The Morgan fingerprint density at radius 2 is 2.07 bits per heavy atom. The lowest BCUT2D eigenvalue weighted by Crippen LogP contribution is -2.39. The predicted octanol–water partition coefficient (Wildman–Crippen LogP) is 3.27. The molecule has 1 fully saturated rings. The fraction of sp³-hybridized carbons (Fsp3) is 0.300. The molecule has 1 aromatic heterocycles. The molecule has 3 N–H and O–H groups in total. The second-order valence-corrected chi connectivity index (χ2v) is 7.96. The first-order valence-electron chi connectivity index (χ1n) is 9.29. The molecule has 2 heterocycles. The first-order chi connectivity index (χ1) is 14.4. The molecule has 0 aliphatic carbocycles. The van der Waals surface area contributed by atoms with Gasteiger partial charge in [0.05, 0.1) is 40.4 Å². The maximum atomic E-state index is 14.8. The zero-order chi connectivity index (χ0) is 21.5. The molecule has 1 aliphatic heterocycles. The maximum absolute atomic E-state index is 14.8. The second-order valence-electron chi connectivity index (χ2n) is 7.17. The van der Waals surface area contributed by atoms with Crippen LogP contribution in [0.3, 0.4) is 0 Å². The van der Waals surface area contributed by atoms with Crippen molar-refractivity contribution in [2.24, 2.45) is 0 Å². The Kier molecular flexibility index (Phi) is 5.67. The van der Waals surface area contributed by atoms with Gasteiger partial charge in [-0.3, -0.25) is 9.36 Å². The molecule has 2 aromatic carbocycles. The number of fused-ring (bicyclic) bond motifs is 1. The molecule has 1 unspecified atom stereocenters. The van der Waals surface area contributed by atoms with Crippen molar-refractivity contribution in [3.63, 3.8) is 0 Å². The first kappa shape index (κ1) is 21.0. The molecule has 1 saturated heterocycles. The van der Waals surface area contributed by atoms with Crippen LogP contribution in [-0.2, 0) is 12.1 Å². The van der Waals surface area contributed by atoms with Gasteiger partial charge in [0.1, 0.15) is 11.3 Å². The van der Waals surface area contributed by atoms with E-state index in [4.69, 9.17) is 28.3 Å². The van der Waals surface area contributed by atoms with Crippen molar-refractivity contribution in [3.05, 3.63) is 68.2 Å². The molecule has 1 atom stereocenters. The van der Waals surface area contributed by atoms with E-state index in [2.05, 4.69) is 15.6 Å². The van der Waals surface area contributed by atoms with Gasteiger partial charge in [-0.1, -0.05) is 23.2 Å². The Bertz CT molecular complexity index is 1180. The SMILES string of the molecule is O=c1c2cc(NC3(c4c(F)ccc(Cl)c4Cl)CCNC3)cc(F)c2ncn1CCO. The van der Waals surface area contributed by atoms with E-state index < -0.39 is 22.7 Å². The van der Waals surface area contributed by atoms with E-state index in [-0.39, 0.29) is 45.4 Å². The van der Waals surface area contributed by atoms with Gasteiger partial charge in [-0.15, -0.1) is 0 Å². The summed E-state index contributed by atoms with van der Waals surface area (Å²) >= 11 is 12.5. The van der Waals surface area contributed by atoms with Gasteiger partial charge in [0.15, 0.2) is 5.82 Å². The summed E-state index contributed by atoms with van der Waals surface area (Å²) in [5, 5.41) is 15.8. The van der Waals surface area contributed by atoms with Crippen LogP contribution in [0.2, 0.25) is 10.0 Å². The van der Waals surface area contributed by atoms with Crippen molar-refractivity contribution in [1.29, 1.82) is 0 Å². The topological polar surface area (TPSA) is 79.2 Å². The first-order valence-corrected chi connectivity index (χ1v) is 10.0. The number of halogens is 4. The van der Waals surface area contributed by atoms with Gasteiger partial charge < -0.3 is 15.7 Å². The number of hydrogen-bond donors (Lipinski definition) is 3. The van der Waals surface area contributed by atoms with Gasteiger partial charge in [-0.25, -0.2) is 13.8 Å². The Balaban J connectivity index is 1.85. The number of aromatic nitrogens is 2. The van der Waals surface area contributed by atoms with Crippen LogP contribution in [0.4, 0.5) is 14.5 Å². The number of nitrogens with zero attached hydrogens (tertiary/aromatic N) is 2. The number of aliphatic hydroxyl groups excluding tert-OH is 1. The third-order valence-corrected chi connectivity index (χ3v) is 6.09. The van der Waals surface area contributed by atoms with Crippen LogP contribution >= 0.6 is 23.2 Å². The molecule has 10 heteroatoms. The molecule has 4 rings (SSSR count). The molecule has 0 bridgehead atoms. The predicted molar refractivity (Wildman–Crippen MR) is 112 cm³/mol. The molecule has 0 saturated carbocycles. The molecule has 3 aromatic rings. The number of nitrogens with one attached hydrogen (secondary N) is 2. The fourth-order valence-electron chi connectivity index (χ4n) is 3.88. The average molecular weight is 455 g/mol. The summed E-state index contributed by atoms with van der Waals surface area (Å²) in [6, 6.07) is 5.30. The van der Waals surface area contributed by atoms with Crippen molar-refractivity contribution < 1.29 is 13.9 Å². The summed E-state index contributed by atoms with van der Waals surface area (Å²) in [7, 11) is 0. The van der Waals surface area contributed by atoms with Crippen molar-refractivity contribution in [2.75, 3.05) is 25.0 Å². The minimum Gasteiger partial charge on any atom is -0.395 e. The molecule has 0 amide bonds. The van der Waals surface area contributed by atoms with Crippen molar-refractivity contribution in [3.8, 4) is 0 Å². The summed E-state index contributed by atoms with van der Waals surface area (Å²) in [6.45, 7) is 0.689. The third kappa shape index (κ3) is 3.54. The largest absolute Gasteiger partial charge is 0.395 e. The minimum atomic E-state index is -0.988. The standard InChI is InChI=1S/C20H18Cl2F2N4O2/c21-13-1-2-14(23)16(17(13)22)20(3-4-25-9-20)27-11-7-12-18(15(24)8-11)26-10-28(5-6-29)19(12)30/h1-2,7-8,10,25,27,29H,3-6,9H2. The van der Waals surface area contributed by atoms with Gasteiger partial charge >= 0.3 is 0 Å². The minimum absolute atomic E-state index is 0.0399. The van der Waals surface area contributed by atoms with E-state index in [9.17, 15) is 13.6 Å². The van der Waals surface area contributed by atoms with Gasteiger partial charge in [0, 0.05) is 17.8 Å². The summed E-state index contributed by atoms with van der Waals surface area (Å²) in [4.78, 5) is 16.7. The number of rotatable bonds is 5. The number of aliphatic hydroxyl groups is 1. The summed E-state index contributed by atoms with van der Waals surface area (Å²) in [6.07, 6.45) is 1.66. The molecule has 0 radical (unpaired) electrons. The van der Waals surface area contributed by atoms with E-state index >= 15 is 0 Å². The van der Waals surface area contributed by atoms with Gasteiger partial charge in [-0.2, -0.15) is 0 Å². The van der Waals surface area contributed by atoms with E-state index in [1.165, 1.54) is 35.2 Å². The van der Waals surface area contributed by atoms with Crippen molar-refractivity contribution >= 4 is 39.8 Å². The van der Waals surface area contributed by atoms with Gasteiger partial charge in [0.2, 0.25) is 0 Å². The molecule has 158 valence electrons. The fourth-order valence-corrected chi connectivity index (χ4v) is 4.38. The Morgan fingerprint density at radius 1 is 1.27 bits per heavy atom. The summed E-state index contributed by atoms with van der Waals surface area (Å²) in [5.41, 5.74) is -1.09. The number of hydrogen-bond acceptors (Lipinski definition) is 5. The quantitative estimate of drug-likeness (QED) is 0.515. The Morgan fingerprint density at radius 3 is 2.77 bits per heavy atom.